The molecule has 1 aliphatic rings. The number of aliphatic hydroxyl groups is 1. The first-order chi connectivity index (χ1) is 9.36. The number of aliphatic hydroxyl groups excluding tert-OH is 1. The Kier molecular flexibility index (Phi) is 3.88. The Morgan fingerprint density at radius 2 is 2.35 bits per heavy atom. The SMILES string of the molecule is CCO[C@@H]1C[C@@](CO)(NC(=O)c2cc(C)no2)C1(C)C. The Morgan fingerprint density at radius 3 is 2.80 bits per heavy atom. The Hall–Kier alpha value is -1.40. The second-order valence-corrected chi connectivity index (χ2v) is 5.90. The van der Waals surface area contributed by atoms with Gasteiger partial charge < -0.3 is 19.7 Å². The molecule has 1 fully saturated rings. The molecule has 2 N–H and O–H groups in total. The van der Waals surface area contributed by atoms with E-state index in [9.17, 15) is 9.90 Å². The number of hydrogen-bond acceptors (Lipinski definition) is 5. The zero-order valence-corrected chi connectivity index (χ0v) is 12.4. The van der Waals surface area contributed by atoms with Crippen LogP contribution in [0.5, 0.6) is 0 Å². The minimum atomic E-state index is -0.690. The molecule has 20 heavy (non-hydrogen) atoms. The lowest BCUT2D eigenvalue weighted by atomic mass is 9.54. The van der Waals surface area contributed by atoms with Crippen LogP contribution in [0.1, 0.15) is 43.4 Å². The van der Waals surface area contributed by atoms with Crippen LogP contribution in [-0.4, -0.2) is 41.0 Å². The van der Waals surface area contributed by atoms with Gasteiger partial charge in [-0.2, -0.15) is 0 Å². The van der Waals surface area contributed by atoms with Crippen LogP contribution in [0.15, 0.2) is 10.6 Å². The van der Waals surface area contributed by atoms with Crippen LogP contribution in [0, 0.1) is 12.3 Å². The van der Waals surface area contributed by atoms with Crippen LogP contribution in [-0.2, 0) is 4.74 Å². The zero-order valence-electron chi connectivity index (χ0n) is 12.4. The van der Waals surface area contributed by atoms with Gasteiger partial charge in [0.2, 0.25) is 5.76 Å². The van der Waals surface area contributed by atoms with Crippen molar-refractivity contribution < 1.29 is 19.2 Å². The summed E-state index contributed by atoms with van der Waals surface area (Å²) in [7, 11) is 0. The highest BCUT2D eigenvalue weighted by molar-refractivity contribution is 5.92. The molecule has 0 spiro atoms. The summed E-state index contributed by atoms with van der Waals surface area (Å²) in [5.41, 5.74) is -0.388. The molecule has 1 aliphatic carbocycles. The first kappa shape index (κ1) is 15.0. The summed E-state index contributed by atoms with van der Waals surface area (Å²) in [4.78, 5) is 12.2. The molecule has 1 aromatic rings. The molecule has 0 saturated heterocycles. The van der Waals surface area contributed by atoms with Crippen LogP contribution >= 0.6 is 0 Å². The minimum absolute atomic E-state index is 0.0245. The molecule has 0 radical (unpaired) electrons. The number of carbonyl (C=O) groups excluding carboxylic acids is 1. The normalized spacial score (nSPS) is 27.9. The van der Waals surface area contributed by atoms with Gasteiger partial charge in [0.1, 0.15) is 0 Å². The van der Waals surface area contributed by atoms with Gasteiger partial charge >= 0.3 is 0 Å². The van der Waals surface area contributed by atoms with Gasteiger partial charge in [-0.25, -0.2) is 0 Å². The molecule has 1 amide bonds. The van der Waals surface area contributed by atoms with E-state index in [0.29, 0.717) is 18.7 Å². The smallest absolute Gasteiger partial charge is 0.290 e. The third-order valence-corrected chi connectivity index (χ3v) is 4.41. The van der Waals surface area contributed by atoms with Crippen molar-refractivity contribution in [2.45, 2.75) is 45.8 Å². The van der Waals surface area contributed by atoms with Crippen molar-refractivity contribution in [2.75, 3.05) is 13.2 Å². The predicted octanol–water partition coefficient (Wildman–Crippen LogP) is 1.28. The van der Waals surface area contributed by atoms with Gasteiger partial charge in [-0.3, -0.25) is 4.79 Å². The molecule has 6 nitrogen and oxygen atoms in total. The quantitative estimate of drug-likeness (QED) is 0.849. The molecular weight excluding hydrogens is 260 g/mol. The number of aryl methyl sites for hydroxylation is 1. The van der Waals surface area contributed by atoms with E-state index >= 15 is 0 Å². The highest BCUT2D eigenvalue weighted by atomic mass is 16.5. The number of amides is 1. The maximum atomic E-state index is 12.2. The van der Waals surface area contributed by atoms with Crippen LogP contribution in [0.4, 0.5) is 0 Å². The van der Waals surface area contributed by atoms with Crippen molar-refractivity contribution in [3.63, 3.8) is 0 Å². The summed E-state index contributed by atoms with van der Waals surface area (Å²) in [5.74, 6) is -0.200. The number of hydrogen-bond donors (Lipinski definition) is 2. The van der Waals surface area contributed by atoms with Crippen molar-refractivity contribution in [3.05, 3.63) is 17.5 Å². The zero-order chi connectivity index (χ0) is 15.0. The van der Waals surface area contributed by atoms with Crippen molar-refractivity contribution in [3.8, 4) is 0 Å². The summed E-state index contributed by atoms with van der Waals surface area (Å²) >= 11 is 0. The third kappa shape index (κ3) is 2.23. The van der Waals surface area contributed by atoms with Gasteiger partial charge in [0, 0.05) is 24.5 Å². The molecular formula is C14H22N2O4. The molecule has 0 aliphatic heterocycles. The van der Waals surface area contributed by atoms with E-state index in [1.807, 2.05) is 20.8 Å². The topological polar surface area (TPSA) is 84.6 Å². The standard InChI is InChI=1S/C14H22N2O4/c1-5-19-11-7-14(8-17,13(11,3)4)15-12(18)10-6-9(2)16-20-10/h6,11,17H,5,7-8H2,1-4H3,(H,15,18)/t11-,14+/m1/s1. The van der Waals surface area contributed by atoms with E-state index in [-0.39, 0.29) is 29.8 Å². The lowest BCUT2D eigenvalue weighted by Gasteiger charge is -2.60. The number of aromatic nitrogens is 1. The number of carbonyl (C=O) groups is 1. The first-order valence-corrected chi connectivity index (χ1v) is 6.84. The Morgan fingerprint density at radius 1 is 1.65 bits per heavy atom. The van der Waals surface area contributed by atoms with Crippen LogP contribution in [0.25, 0.3) is 0 Å². The second kappa shape index (κ2) is 5.18. The Balaban J connectivity index is 2.12. The first-order valence-electron chi connectivity index (χ1n) is 6.84. The van der Waals surface area contributed by atoms with Gasteiger partial charge in [0.15, 0.2) is 0 Å². The number of rotatable bonds is 5. The fourth-order valence-electron chi connectivity index (χ4n) is 2.75. The van der Waals surface area contributed by atoms with Crippen molar-refractivity contribution in [1.82, 2.24) is 10.5 Å². The van der Waals surface area contributed by atoms with E-state index in [1.165, 1.54) is 0 Å². The average Bonchev–Trinajstić information content (AvgIpc) is 2.83. The van der Waals surface area contributed by atoms with E-state index in [2.05, 4.69) is 10.5 Å². The second-order valence-electron chi connectivity index (χ2n) is 5.90. The van der Waals surface area contributed by atoms with Gasteiger partial charge in [0.25, 0.3) is 5.91 Å². The van der Waals surface area contributed by atoms with E-state index < -0.39 is 5.54 Å². The number of nitrogens with one attached hydrogen (secondary N) is 1. The summed E-state index contributed by atoms with van der Waals surface area (Å²) in [5, 5.41) is 16.3. The minimum Gasteiger partial charge on any atom is -0.394 e. The molecule has 1 saturated carbocycles. The highest BCUT2D eigenvalue weighted by Gasteiger charge is 2.61. The molecule has 6 heteroatoms. The average molecular weight is 282 g/mol. The highest BCUT2D eigenvalue weighted by Crippen LogP contribution is 2.51. The monoisotopic (exact) mass is 282 g/mol. The Labute approximate surface area is 118 Å². The molecule has 0 bridgehead atoms. The van der Waals surface area contributed by atoms with Crippen LogP contribution < -0.4 is 5.32 Å². The van der Waals surface area contributed by atoms with Gasteiger partial charge in [-0.05, 0) is 13.8 Å². The number of ether oxygens (including phenoxy) is 1. The van der Waals surface area contributed by atoms with Gasteiger partial charge in [0.05, 0.1) is 23.9 Å². The van der Waals surface area contributed by atoms with Crippen LogP contribution in [0.2, 0.25) is 0 Å². The molecule has 1 heterocycles. The molecule has 2 rings (SSSR count). The van der Waals surface area contributed by atoms with Gasteiger partial charge in [-0.1, -0.05) is 19.0 Å². The molecule has 0 aromatic carbocycles. The summed E-state index contributed by atoms with van der Waals surface area (Å²) < 4.78 is 10.6. The third-order valence-electron chi connectivity index (χ3n) is 4.41. The summed E-state index contributed by atoms with van der Waals surface area (Å²) in [6.07, 6.45) is 0.611. The van der Waals surface area contributed by atoms with Crippen molar-refractivity contribution in [2.24, 2.45) is 5.41 Å². The molecule has 0 unspecified atom stereocenters. The van der Waals surface area contributed by atoms with Crippen molar-refractivity contribution >= 4 is 5.91 Å². The molecule has 112 valence electrons. The summed E-state index contributed by atoms with van der Waals surface area (Å²) in [6, 6.07) is 1.58. The fraction of sp³-hybridized carbons (Fsp3) is 0.714. The predicted molar refractivity (Wildman–Crippen MR) is 72.3 cm³/mol. The Bertz CT molecular complexity index is 497. The maximum Gasteiger partial charge on any atom is 0.290 e. The van der Waals surface area contributed by atoms with E-state index in [1.54, 1.807) is 13.0 Å². The number of nitrogens with zero attached hydrogens (tertiary/aromatic N) is 1. The lowest BCUT2D eigenvalue weighted by Crippen LogP contribution is -2.74. The summed E-state index contributed by atoms with van der Waals surface area (Å²) in [6.45, 7) is 8.14. The lowest BCUT2D eigenvalue weighted by molar-refractivity contribution is -0.172. The molecule has 1 aromatic heterocycles. The molecule has 2 atom stereocenters. The van der Waals surface area contributed by atoms with Crippen LogP contribution in [0.3, 0.4) is 0 Å². The van der Waals surface area contributed by atoms with Gasteiger partial charge in [-0.15, -0.1) is 0 Å². The fourth-order valence-corrected chi connectivity index (χ4v) is 2.75. The van der Waals surface area contributed by atoms with E-state index in [0.717, 1.165) is 0 Å². The maximum absolute atomic E-state index is 12.2. The van der Waals surface area contributed by atoms with Crippen molar-refractivity contribution in [1.29, 1.82) is 0 Å². The van der Waals surface area contributed by atoms with E-state index in [4.69, 9.17) is 9.26 Å². The largest absolute Gasteiger partial charge is 0.394 e.